The quantitative estimate of drug-likeness (QED) is 0.844. The van der Waals surface area contributed by atoms with Gasteiger partial charge in [-0.25, -0.2) is 0 Å². The van der Waals surface area contributed by atoms with Gasteiger partial charge in [-0.3, -0.25) is 0 Å². The van der Waals surface area contributed by atoms with E-state index in [0.29, 0.717) is 0 Å². The van der Waals surface area contributed by atoms with E-state index in [2.05, 4.69) is 53.8 Å². The van der Waals surface area contributed by atoms with Crippen LogP contribution >= 0.6 is 15.9 Å². The normalized spacial score (nSPS) is 14.8. The Morgan fingerprint density at radius 3 is 2.82 bits per heavy atom. The molecule has 2 nitrogen and oxygen atoms in total. The van der Waals surface area contributed by atoms with Gasteiger partial charge >= 0.3 is 0 Å². The summed E-state index contributed by atoms with van der Waals surface area (Å²) in [7, 11) is 0. The van der Waals surface area contributed by atoms with Gasteiger partial charge in [-0.05, 0) is 38.1 Å². The summed E-state index contributed by atoms with van der Waals surface area (Å²) < 4.78 is 6.88. The fourth-order valence-electron chi connectivity index (χ4n) is 1.79. The van der Waals surface area contributed by atoms with Gasteiger partial charge in [0.05, 0.1) is 6.04 Å². The SMILES string of the molecule is C=CC(C)NC(C)c1cc2cc(Br)ccc2o1. The Kier molecular flexibility index (Phi) is 3.69. The van der Waals surface area contributed by atoms with E-state index in [-0.39, 0.29) is 12.1 Å². The average Bonchev–Trinajstić information content (AvgIpc) is 2.71. The summed E-state index contributed by atoms with van der Waals surface area (Å²) in [5.74, 6) is 0.951. The summed E-state index contributed by atoms with van der Waals surface area (Å²) in [6.07, 6.45) is 1.88. The standard InChI is InChI=1S/C14H16BrNO/c1-4-9(2)16-10(3)14-8-11-7-12(15)5-6-13(11)17-14/h4-10,16H,1H2,2-3H3. The van der Waals surface area contributed by atoms with Gasteiger partial charge in [-0.1, -0.05) is 22.0 Å². The molecule has 17 heavy (non-hydrogen) atoms. The van der Waals surface area contributed by atoms with Gasteiger partial charge in [0.25, 0.3) is 0 Å². The Balaban J connectivity index is 2.26. The third-order valence-electron chi connectivity index (χ3n) is 2.79. The number of benzene rings is 1. The molecule has 1 aromatic carbocycles. The first-order chi connectivity index (χ1) is 8.10. The van der Waals surface area contributed by atoms with Crippen molar-refractivity contribution < 1.29 is 4.42 Å². The van der Waals surface area contributed by atoms with E-state index in [9.17, 15) is 0 Å². The minimum absolute atomic E-state index is 0.175. The van der Waals surface area contributed by atoms with Crippen LogP contribution in [0.3, 0.4) is 0 Å². The summed E-state index contributed by atoms with van der Waals surface area (Å²) in [4.78, 5) is 0. The third kappa shape index (κ3) is 2.79. The number of furan rings is 1. The van der Waals surface area contributed by atoms with Crippen LogP contribution in [0.4, 0.5) is 0 Å². The van der Waals surface area contributed by atoms with Crippen molar-refractivity contribution in [1.82, 2.24) is 5.32 Å². The van der Waals surface area contributed by atoms with E-state index in [0.717, 1.165) is 21.2 Å². The molecular formula is C14H16BrNO. The monoisotopic (exact) mass is 293 g/mol. The second-order valence-electron chi connectivity index (χ2n) is 4.24. The smallest absolute Gasteiger partial charge is 0.134 e. The maximum atomic E-state index is 5.81. The van der Waals surface area contributed by atoms with Crippen LogP contribution in [0, 0.1) is 0 Å². The molecule has 0 aliphatic carbocycles. The van der Waals surface area contributed by atoms with Gasteiger partial charge in [0, 0.05) is 15.9 Å². The fraction of sp³-hybridized carbons (Fsp3) is 0.286. The zero-order valence-corrected chi connectivity index (χ0v) is 11.6. The van der Waals surface area contributed by atoms with E-state index >= 15 is 0 Å². The number of rotatable bonds is 4. The van der Waals surface area contributed by atoms with Gasteiger partial charge in [-0.2, -0.15) is 0 Å². The highest BCUT2D eigenvalue weighted by Gasteiger charge is 2.12. The number of hydrogen-bond acceptors (Lipinski definition) is 2. The number of hydrogen-bond donors (Lipinski definition) is 1. The molecule has 0 amide bonds. The van der Waals surface area contributed by atoms with Gasteiger partial charge in [0.1, 0.15) is 11.3 Å². The molecule has 90 valence electrons. The Morgan fingerprint density at radius 2 is 2.12 bits per heavy atom. The van der Waals surface area contributed by atoms with Crippen LogP contribution in [-0.4, -0.2) is 6.04 Å². The second kappa shape index (κ2) is 5.07. The van der Waals surface area contributed by atoms with Crippen LogP contribution < -0.4 is 5.32 Å². The zero-order valence-electron chi connectivity index (χ0n) is 10.0. The van der Waals surface area contributed by atoms with Crippen molar-refractivity contribution in [2.45, 2.75) is 25.9 Å². The molecule has 2 unspecified atom stereocenters. The van der Waals surface area contributed by atoms with Crippen LogP contribution in [0.5, 0.6) is 0 Å². The lowest BCUT2D eigenvalue weighted by atomic mass is 10.2. The summed E-state index contributed by atoms with van der Waals surface area (Å²) >= 11 is 3.46. The lowest BCUT2D eigenvalue weighted by Crippen LogP contribution is -2.26. The first-order valence-electron chi connectivity index (χ1n) is 5.67. The van der Waals surface area contributed by atoms with Crippen LogP contribution in [0.1, 0.15) is 25.6 Å². The van der Waals surface area contributed by atoms with Gasteiger partial charge < -0.3 is 9.73 Å². The first kappa shape index (κ1) is 12.4. The topological polar surface area (TPSA) is 25.2 Å². The van der Waals surface area contributed by atoms with Crippen molar-refractivity contribution in [1.29, 1.82) is 0 Å². The summed E-state index contributed by atoms with van der Waals surface area (Å²) in [5, 5.41) is 4.52. The summed E-state index contributed by atoms with van der Waals surface area (Å²) in [6.45, 7) is 7.92. The molecule has 1 heterocycles. The van der Waals surface area contributed by atoms with Crippen molar-refractivity contribution in [2.24, 2.45) is 0 Å². The second-order valence-corrected chi connectivity index (χ2v) is 5.16. The molecule has 0 fully saturated rings. The lowest BCUT2D eigenvalue weighted by molar-refractivity contribution is 0.437. The Labute approximate surface area is 110 Å². The summed E-state index contributed by atoms with van der Waals surface area (Å²) in [5.41, 5.74) is 0.920. The maximum absolute atomic E-state index is 5.81. The molecule has 1 aromatic heterocycles. The summed E-state index contributed by atoms with van der Waals surface area (Å²) in [6, 6.07) is 8.55. The van der Waals surface area contributed by atoms with Crippen LogP contribution in [-0.2, 0) is 0 Å². The molecule has 0 radical (unpaired) electrons. The Hall–Kier alpha value is -1.06. The predicted molar refractivity (Wildman–Crippen MR) is 75.1 cm³/mol. The van der Waals surface area contributed by atoms with Gasteiger partial charge in [0.15, 0.2) is 0 Å². The van der Waals surface area contributed by atoms with Gasteiger partial charge in [0.2, 0.25) is 0 Å². The van der Waals surface area contributed by atoms with Crippen LogP contribution in [0.15, 0.2) is 45.8 Å². The number of fused-ring (bicyclic) bond motifs is 1. The highest BCUT2D eigenvalue weighted by atomic mass is 79.9. The van der Waals surface area contributed by atoms with E-state index < -0.39 is 0 Å². The largest absolute Gasteiger partial charge is 0.459 e. The first-order valence-corrected chi connectivity index (χ1v) is 6.47. The molecule has 0 aliphatic heterocycles. The molecule has 2 atom stereocenters. The lowest BCUT2D eigenvalue weighted by Gasteiger charge is -2.14. The average molecular weight is 294 g/mol. The molecule has 0 saturated carbocycles. The maximum Gasteiger partial charge on any atom is 0.134 e. The van der Waals surface area contributed by atoms with Crippen molar-refractivity contribution in [3.63, 3.8) is 0 Å². The predicted octanol–water partition coefficient (Wildman–Crippen LogP) is 4.42. The molecule has 0 saturated heterocycles. The molecule has 1 N–H and O–H groups in total. The number of halogens is 1. The van der Waals surface area contributed by atoms with E-state index in [1.807, 2.05) is 18.2 Å². The Bertz CT molecular complexity index is 532. The zero-order chi connectivity index (χ0) is 12.4. The molecule has 0 bridgehead atoms. The minimum atomic E-state index is 0.175. The fourth-order valence-corrected chi connectivity index (χ4v) is 2.17. The van der Waals surface area contributed by atoms with Crippen LogP contribution in [0.25, 0.3) is 11.0 Å². The van der Waals surface area contributed by atoms with Crippen molar-refractivity contribution in [3.8, 4) is 0 Å². The van der Waals surface area contributed by atoms with Crippen molar-refractivity contribution in [2.75, 3.05) is 0 Å². The molecular weight excluding hydrogens is 278 g/mol. The Morgan fingerprint density at radius 1 is 1.35 bits per heavy atom. The highest BCUT2D eigenvalue weighted by Crippen LogP contribution is 2.26. The van der Waals surface area contributed by atoms with E-state index in [1.165, 1.54) is 0 Å². The highest BCUT2D eigenvalue weighted by molar-refractivity contribution is 9.10. The molecule has 3 heteroatoms. The molecule has 0 spiro atoms. The van der Waals surface area contributed by atoms with Crippen molar-refractivity contribution in [3.05, 3.63) is 47.2 Å². The van der Waals surface area contributed by atoms with E-state index in [4.69, 9.17) is 4.42 Å². The molecule has 0 aliphatic rings. The van der Waals surface area contributed by atoms with Gasteiger partial charge in [-0.15, -0.1) is 6.58 Å². The van der Waals surface area contributed by atoms with Crippen molar-refractivity contribution >= 4 is 26.9 Å². The minimum Gasteiger partial charge on any atom is -0.459 e. The van der Waals surface area contributed by atoms with Crippen LogP contribution in [0.2, 0.25) is 0 Å². The molecule has 2 aromatic rings. The van der Waals surface area contributed by atoms with E-state index in [1.54, 1.807) is 0 Å². The number of nitrogens with one attached hydrogen (secondary N) is 1. The third-order valence-corrected chi connectivity index (χ3v) is 3.28. The molecule has 2 rings (SSSR count).